The van der Waals surface area contributed by atoms with Gasteiger partial charge >= 0.3 is 0 Å². The lowest BCUT2D eigenvalue weighted by Gasteiger charge is -2.13. The van der Waals surface area contributed by atoms with Crippen molar-refractivity contribution in [2.24, 2.45) is 0 Å². The fraction of sp³-hybridized carbons (Fsp3) is 0.211. The molecule has 0 saturated heterocycles. The third kappa shape index (κ3) is 3.77. The zero-order valence-corrected chi connectivity index (χ0v) is 15.2. The van der Waals surface area contributed by atoms with Crippen molar-refractivity contribution in [3.63, 3.8) is 0 Å². The van der Waals surface area contributed by atoms with Gasteiger partial charge in [-0.2, -0.15) is 10.2 Å². The zero-order chi connectivity index (χ0) is 19.4. The Labute approximate surface area is 156 Å². The Hall–Kier alpha value is -3.73. The maximum Gasteiger partial charge on any atom is 0.235 e. The summed E-state index contributed by atoms with van der Waals surface area (Å²) in [5, 5.41) is 12.4. The Morgan fingerprint density at radius 3 is 2.78 bits per heavy atom. The molecule has 0 aliphatic heterocycles. The molecule has 27 heavy (non-hydrogen) atoms. The molecule has 2 aromatic heterocycles. The van der Waals surface area contributed by atoms with Gasteiger partial charge in [0.15, 0.2) is 0 Å². The van der Waals surface area contributed by atoms with E-state index in [-0.39, 0.29) is 17.1 Å². The lowest BCUT2D eigenvalue weighted by atomic mass is 10.1. The number of nitrogens with two attached hydrogens (primary N) is 1. The number of anilines is 3. The number of nitrogens with one attached hydrogen (secondary N) is 1. The highest BCUT2D eigenvalue weighted by Crippen LogP contribution is 2.34. The fourth-order valence-corrected chi connectivity index (χ4v) is 2.53. The summed E-state index contributed by atoms with van der Waals surface area (Å²) < 4.78 is 16.4. The van der Waals surface area contributed by atoms with E-state index < -0.39 is 0 Å². The van der Waals surface area contributed by atoms with Crippen LogP contribution in [0.2, 0.25) is 0 Å². The number of aryl methyl sites for hydroxylation is 1. The molecule has 3 aromatic rings. The van der Waals surface area contributed by atoms with Crippen LogP contribution in [-0.4, -0.2) is 23.7 Å². The molecule has 0 bridgehead atoms. The molecule has 0 atom stereocenters. The summed E-state index contributed by atoms with van der Waals surface area (Å²) >= 11 is 0. The largest absolute Gasteiger partial charge is 0.496 e. The Kier molecular flexibility index (Phi) is 5.13. The van der Waals surface area contributed by atoms with Crippen molar-refractivity contribution in [3.05, 3.63) is 41.8 Å². The highest BCUT2D eigenvalue weighted by Gasteiger charge is 2.14. The highest BCUT2D eigenvalue weighted by molar-refractivity contribution is 5.72. The van der Waals surface area contributed by atoms with E-state index in [9.17, 15) is 5.26 Å². The number of aromatic nitrogens is 2. The molecule has 0 unspecified atom stereocenters. The quantitative estimate of drug-likeness (QED) is 0.679. The van der Waals surface area contributed by atoms with Crippen molar-refractivity contribution >= 4 is 17.2 Å². The topological polar surface area (TPSA) is 119 Å². The second-order valence-corrected chi connectivity index (χ2v) is 5.64. The first-order valence-corrected chi connectivity index (χ1v) is 8.27. The highest BCUT2D eigenvalue weighted by atomic mass is 16.5. The van der Waals surface area contributed by atoms with Crippen LogP contribution in [0.25, 0.3) is 11.5 Å². The molecule has 1 aromatic carbocycles. The molecule has 8 nitrogen and oxygen atoms in total. The predicted octanol–water partition coefficient (Wildman–Crippen LogP) is 3.65. The van der Waals surface area contributed by atoms with Gasteiger partial charge in [-0.1, -0.05) is 0 Å². The van der Waals surface area contributed by atoms with E-state index >= 15 is 0 Å². The van der Waals surface area contributed by atoms with Gasteiger partial charge in [0, 0.05) is 17.8 Å². The molecule has 0 saturated carbocycles. The summed E-state index contributed by atoms with van der Waals surface area (Å²) in [7, 11) is 1.57. The number of nitrogen functional groups attached to an aromatic ring is 1. The number of methoxy groups -OCH3 is 1. The predicted molar refractivity (Wildman–Crippen MR) is 101 cm³/mol. The molecular weight excluding hydrogens is 346 g/mol. The van der Waals surface area contributed by atoms with Crippen LogP contribution in [0.4, 0.5) is 17.2 Å². The lowest BCUT2D eigenvalue weighted by molar-refractivity contribution is 0.326. The SMILES string of the molecule is CCOc1nc(Nc2ccc(-c3ncc(C)o3)c(OC)c2)cc(N)c1C#N. The van der Waals surface area contributed by atoms with Gasteiger partial charge in [-0.15, -0.1) is 0 Å². The number of benzene rings is 1. The minimum atomic E-state index is 0.196. The van der Waals surface area contributed by atoms with Gasteiger partial charge in [0.25, 0.3) is 0 Å². The maximum atomic E-state index is 9.21. The monoisotopic (exact) mass is 365 g/mol. The summed E-state index contributed by atoms with van der Waals surface area (Å²) in [6, 6.07) is 9.06. The zero-order valence-electron chi connectivity index (χ0n) is 15.2. The summed E-state index contributed by atoms with van der Waals surface area (Å²) in [5.74, 6) is 2.44. The van der Waals surface area contributed by atoms with Crippen LogP contribution in [0.3, 0.4) is 0 Å². The van der Waals surface area contributed by atoms with Gasteiger partial charge < -0.3 is 24.9 Å². The van der Waals surface area contributed by atoms with E-state index in [2.05, 4.69) is 15.3 Å². The minimum absolute atomic E-state index is 0.196. The van der Waals surface area contributed by atoms with E-state index in [0.29, 0.717) is 24.1 Å². The van der Waals surface area contributed by atoms with E-state index in [1.165, 1.54) is 0 Å². The van der Waals surface area contributed by atoms with Gasteiger partial charge in [0.05, 0.1) is 31.2 Å². The summed E-state index contributed by atoms with van der Waals surface area (Å²) in [6.07, 6.45) is 1.65. The van der Waals surface area contributed by atoms with Crippen LogP contribution < -0.4 is 20.5 Å². The fourth-order valence-electron chi connectivity index (χ4n) is 2.53. The van der Waals surface area contributed by atoms with E-state index in [4.69, 9.17) is 19.6 Å². The number of pyridine rings is 1. The molecule has 8 heteroatoms. The lowest BCUT2D eigenvalue weighted by Crippen LogP contribution is -2.04. The van der Waals surface area contributed by atoms with Gasteiger partial charge in [0.1, 0.15) is 29.0 Å². The van der Waals surface area contributed by atoms with Crippen molar-refractivity contribution < 1.29 is 13.9 Å². The van der Waals surface area contributed by atoms with Crippen LogP contribution in [-0.2, 0) is 0 Å². The molecule has 0 aliphatic rings. The molecule has 3 rings (SSSR count). The number of nitrogens with zero attached hydrogens (tertiary/aromatic N) is 3. The molecule has 0 fully saturated rings. The van der Waals surface area contributed by atoms with Gasteiger partial charge in [-0.3, -0.25) is 0 Å². The number of hydrogen-bond acceptors (Lipinski definition) is 8. The first-order chi connectivity index (χ1) is 13.0. The first kappa shape index (κ1) is 18.1. The van der Waals surface area contributed by atoms with E-state index in [1.807, 2.05) is 32.0 Å². The maximum absolute atomic E-state index is 9.21. The molecular formula is C19H19N5O3. The summed E-state index contributed by atoms with van der Waals surface area (Å²) in [4.78, 5) is 8.55. The Morgan fingerprint density at radius 2 is 2.15 bits per heavy atom. The molecule has 0 spiro atoms. The molecule has 0 aliphatic carbocycles. The second kappa shape index (κ2) is 7.66. The number of oxazole rings is 1. The van der Waals surface area contributed by atoms with Crippen molar-refractivity contribution in [1.82, 2.24) is 9.97 Å². The molecule has 138 valence electrons. The summed E-state index contributed by atoms with van der Waals surface area (Å²) in [5.41, 5.74) is 7.91. The average Bonchev–Trinajstić information content (AvgIpc) is 3.08. The smallest absolute Gasteiger partial charge is 0.235 e. The number of rotatable bonds is 6. The summed E-state index contributed by atoms with van der Waals surface area (Å²) in [6.45, 7) is 4.02. The Bertz CT molecular complexity index is 1010. The average molecular weight is 365 g/mol. The second-order valence-electron chi connectivity index (χ2n) is 5.64. The normalized spacial score (nSPS) is 10.3. The van der Waals surface area contributed by atoms with Crippen LogP contribution in [0.15, 0.2) is 34.9 Å². The molecule has 0 radical (unpaired) electrons. The van der Waals surface area contributed by atoms with Crippen LogP contribution in [0.5, 0.6) is 11.6 Å². The minimum Gasteiger partial charge on any atom is -0.496 e. The van der Waals surface area contributed by atoms with E-state index in [0.717, 1.165) is 17.0 Å². The van der Waals surface area contributed by atoms with Gasteiger partial charge in [-0.25, -0.2) is 4.98 Å². The standard InChI is InChI=1S/C19H19N5O3/c1-4-26-19-14(9-20)15(21)8-17(24-19)23-12-5-6-13(16(7-12)25-3)18-22-10-11(2)27-18/h5-8,10H,4H2,1-3H3,(H3,21,23,24). The van der Waals surface area contributed by atoms with Crippen LogP contribution in [0.1, 0.15) is 18.2 Å². The molecule has 3 N–H and O–H groups in total. The van der Waals surface area contributed by atoms with Crippen molar-refractivity contribution in [2.75, 3.05) is 24.8 Å². The number of ether oxygens (including phenoxy) is 2. The Morgan fingerprint density at radius 1 is 1.33 bits per heavy atom. The third-order valence-electron chi connectivity index (χ3n) is 3.74. The van der Waals surface area contributed by atoms with E-state index in [1.54, 1.807) is 25.4 Å². The van der Waals surface area contributed by atoms with Crippen molar-refractivity contribution in [3.8, 4) is 29.2 Å². The number of nitriles is 1. The van der Waals surface area contributed by atoms with Crippen molar-refractivity contribution in [1.29, 1.82) is 5.26 Å². The van der Waals surface area contributed by atoms with Crippen LogP contribution in [0, 0.1) is 18.3 Å². The molecule has 0 amide bonds. The van der Waals surface area contributed by atoms with Crippen molar-refractivity contribution in [2.45, 2.75) is 13.8 Å². The van der Waals surface area contributed by atoms with Crippen LogP contribution >= 0.6 is 0 Å². The third-order valence-corrected chi connectivity index (χ3v) is 3.74. The molecule has 2 heterocycles. The number of hydrogen-bond donors (Lipinski definition) is 2. The Balaban J connectivity index is 1.93. The van der Waals surface area contributed by atoms with Gasteiger partial charge in [-0.05, 0) is 26.0 Å². The first-order valence-electron chi connectivity index (χ1n) is 8.27. The van der Waals surface area contributed by atoms with Gasteiger partial charge in [0.2, 0.25) is 11.8 Å².